The predicted molar refractivity (Wildman–Crippen MR) is 81.5 cm³/mol. The Hall–Kier alpha value is -1.84. The van der Waals surface area contributed by atoms with Gasteiger partial charge in [-0.05, 0) is 43.9 Å². The van der Waals surface area contributed by atoms with E-state index in [0.717, 1.165) is 43.2 Å². The second-order valence-electron chi connectivity index (χ2n) is 6.11. The Labute approximate surface area is 125 Å². The minimum absolute atomic E-state index is 0.00357. The van der Waals surface area contributed by atoms with E-state index in [9.17, 15) is 9.59 Å². The van der Waals surface area contributed by atoms with Crippen molar-refractivity contribution in [2.24, 2.45) is 0 Å². The predicted octanol–water partition coefficient (Wildman–Crippen LogP) is 3.21. The number of carboxylic acids is 1. The van der Waals surface area contributed by atoms with Gasteiger partial charge in [0.1, 0.15) is 0 Å². The molecule has 1 aliphatic rings. The second-order valence-corrected chi connectivity index (χ2v) is 6.11. The Balaban J connectivity index is 2.21. The summed E-state index contributed by atoms with van der Waals surface area (Å²) < 4.78 is 0. The molecule has 0 bridgehead atoms. The van der Waals surface area contributed by atoms with Crippen molar-refractivity contribution in [3.05, 3.63) is 34.9 Å². The van der Waals surface area contributed by atoms with E-state index in [1.165, 1.54) is 0 Å². The standard InChI is InChI=1S/C17H23NO3/c1-12-7-6-8-14(13(12)2)16(21)18-17(11-15(19)20)9-4-3-5-10-17/h6-8H,3-5,9-11H2,1-2H3,(H,18,21)(H,19,20). The van der Waals surface area contributed by atoms with Crippen LogP contribution in [-0.4, -0.2) is 22.5 Å². The molecule has 1 saturated carbocycles. The van der Waals surface area contributed by atoms with Gasteiger partial charge in [0.15, 0.2) is 0 Å². The molecule has 4 nitrogen and oxygen atoms in total. The SMILES string of the molecule is Cc1cccc(C(=O)NC2(CC(=O)O)CCCCC2)c1C. The summed E-state index contributed by atoms with van der Waals surface area (Å²) in [6.45, 7) is 3.90. The van der Waals surface area contributed by atoms with Crippen molar-refractivity contribution < 1.29 is 14.7 Å². The van der Waals surface area contributed by atoms with E-state index >= 15 is 0 Å². The molecular weight excluding hydrogens is 266 g/mol. The van der Waals surface area contributed by atoms with Crippen LogP contribution < -0.4 is 5.32 Å². The van der Waals surface area contributed by atoms with Crippen LogP contribution in [0, 0.1) is 13.8 Å². The van der Waals surface area contributed by atoms with Crippen LogP contribution in [0.1, 0.15) is 60.0 Å². The quantitative estimate of drug-likeness (QED) is 0.894. The molecule has 114 valence electrons. The molecule has 2 N–H and O–H groups in total. The third kappa shape index (κ3) is 3.63. The Morgan fingerprint density at radius 2 is 1.86 bits per heavy atom. The molecule has 21 heavy (non-hydrogen) atoms. The molecule has 4 heteroatoms. The molecule has 1 aliphatic carbocycles. The summed E-state index contributed by atoms with van der Waals surface area (Å²) in [4.78, 5) is 23.7. The van der Waals surface area contributed by atoms with E-state index in [2.05, 4.69) is 5.32 Å². The molecule has 0 heterocycles. The first-order valence-corrected chi connectivity index (χ1v) is 7.54. The monoisotopic (exact) mass is 289 g/mol. The zero-order valence-corrected chi connectivity index (χ0v) is 12.7. The fourth-order valence-electron chi connectivity index (χ4n) is 3.17. The molecule has 0 aromatic heterocycles. The number of aryl methyl sites for hydroxylation is 1. The minimum Gasteiger partial charge on any atom is -0.481 e. The topological polar surface area (TPSA) is 66.4 Å². The van der Waals surface area contributed by atoms with Crippen molar-refractivity contribution in [1.82, 2.24) is 5.32 Å². The van der Waals surface area contributed by atoms with Gasteiger partial charge < -0.3 is 10.4 Å². The highest BCUT2D eigenvalue weighted by Gasteiger charge is 2.36. The summed E-state index contributed by atoms with van der Waals surface area (Å²) in [5.74, 6) is -1.00. The van der Waals surface area contributed by atoms with Crippen LogP contribution in [0.3, 0.4) is 0 Å². The van der Waals surface area contributed by atoms with Crippen LogP contribution in [0.4, 0.5) is 0 Å². The summed E-state index contributed by atoms with van der Waals surface area (Å²) in [7, 11) is 0. The van der Waals surface area contributed by atoms with E-state index < -0.39 is 11.5 Å². The van der Waals surface area contributed by atoms with Crippen LogP contribution in [0.2, 0.25) is 0 Å². The normalized spacial score (nSPS) is 17.2. The lowest BCUT2D eigenvalue weighted by molar-refractivity contribution is -0.139. The maximum atomic E-state index is 12.6. The minimum atomic E-state index is -0.849. The molecule has 0 saturated heterocycles. The summed E-state index contributed by atoms with van der Waals surface area (Å²) in [5, 5.41) is 12.2. The van der Waals surface area contributed by atoms with Gasteiger partial charge in [0.2, 0.25) is 0 Å². The lowest BCUT2D eigenvalue weighted by Crippen LogP contribution is -2.51. The molecule has 2 rings (SSSR count). The van der Waals surface area contributed by atoms with E-state index in [1.54, 1.807) is 6.07 Å². The Bertz CT molecular complexity index is 545. The van der Waals surface area contributed by atoms with Gasteiger partial charge in [-0.2, -0.15) is 0 Å². The molecule has 0 atom stereocenters. The average molecular weight is 289 g/mol. The fraction of sp³-hybridized carbons (Fsp3) is 0.529. The molecular formula is C17H23NO3. The Morgan fingerprint density at radius 3 is 2.48 bits per heavy atom. The number of carbonyl (C=O) groups is 2. The van der Waals surface area contributed by atoms with Crippen molar-refractivity contribution in [1.29, 1.82) is 0 Å². The van der Waals surface area contributed by atoms with Crippen LogP contribution >= 0.6 is 0 Å². The first kappa shape index (κ1) is 15.5. The van der Waals surface area contributed by atoms with Crippen molar-refractivity contribution >= 4 is 11.9 Å². The summed E-state index contributed by atoms with van der Waals surface area (Å²) in [5.41, 5.74) is 2.08. The fourth-order valence-corrected chi connectivity index (χ4v) is 3.17. The van der Waals surface area contributed by atoms with E-state index in [0.29, 0.717) is 5.56 Å². The molecule has 1 aromatic rings. The number of hydrogen-bond acceptors (Lipinski definition) is 2. The molecule has 0 unspecified atom stereocenters. The number of carboxylic acid groups (broad SMARTS) is 1. The van der Waals surface area contributed by atoms with Gasteiger partial charge in [-0.1, -0.05) is 31.4 Å². The first-order chi connectivity index (χ1) is 9.93. The number of amides is 1. The van der Waals surface area contributed by atoms with Gasteiger partial charge >= 0.3 is 5.97 Å². The highest BCUT2D eigenvalue weighted by atomic mass is 16.4. The van der Waals surface area contributed by atoms with E-state index in [-0.39, 0.29) is 12.3 Å². The lowest BCUT2D eigenvalue weighted by Gasteiger charge is -2.37. The van der Waals surface area contributed by atoms with Crippen LogP contribution in [0.25, 0.3) is 0 Å². The van der Waals surface area contributed by atoms with E-state index in [1.807, 2.05) is 26.0 Å². The smallest absolute Gasteiger partial charge is 0.305 e. The molecule has 1 amide bonds. The number of aliphatic carboxylic acids is 1. The largest absolute Gasteiger partial charge is 0.481 e. The molecule has 1 aromatic carbocycles. The maximum absolute atomic E-state index is 12.6. The first-order valence-electron chi connectivity index (χ1n) is 7.54. The second kappa shape index (κ2) is 6.29. The van der Waals surface area contributed by atoms with Gasteiger partial charge in [0.25, 0.3) is 5.91 Å². The van der Waals surface area contributed by atoms with Gasteiger partial charge in [0.05, 0.1) is 12.0 Å². The zero-order chi connectivity index (χ0) is 15.5. The van der Waals surface area contributed by atoms with Crippen molar-refractivity contribution in [2.75, 3.05) is 0 Å². The zero-order valence-electron chi connectivity index (χ0n) is 12.7. The summed E-state index contributed by atoms with van der Waals surface area (Å²) >= 11 is 0. The third-order valence-corrected chi connectivity index (χ3v) is 4.53. The van der Waals surface area contributed by atoms with Crippen molar-refractivity contribution in [2.45, 2.75) is 57.9 Å². The average Bonchev–Trinajstić information content (AvgIpc) is 2.41. The maximum Gasteiger partial charge on any atom is 0.305 e. The van der Waals surface area contributed by atoms with Crippen LogP contribution in [-0.2, 0) is 4.79 Å². The molecule has 1 fully saturated rings. The van der Waals surface area contributed by atoms with Gasteiger partial charge in [-0.25, -0.2) is 0 Å². The van der Waals surface area contributed by atoms with Gasteiger partial charge in [-0.3, -0.25) is 9.59 Å². The molecule has 0 aliphatic heterocycles. The number of carbonyl (C=O) groups excluding carboxylic acids is 1. The highest BCUT2D eigenvalue weighted by molar-refractivity contribution is 5.96. The molecule has 0 radical (unpaired) electrons. The third-order valence-electron chi connectivity index (χ3n) is 4.53. The Kier molecular flexibility index (Phi) is 4.66. The van der Waals surface area contributed by atoms with Crippen LogP contribution in [0.5, 0.6) is 0 Å². The number of nitrogens with one attached hydrogen (secondary N) is 1. The van der Waals surface area contributed by atoms with E-state index in [4.69, 9.17) is 5.11 Å². The van der Waals surface area contributed by atoms with Gasteiger partial charge in [-0.15, -0.1) is 0 Å². The Morgan fingerprint density at radius 1 is 1.19 bits per heavy atom. The summed E-state index contributed by atoms with van der Waals surface area (Å²) in [6.07, 6.45) is 4.55. The lowest BCUT2D eigenvalue weighted by atomic mass is 9.79. The summed E-state index contributed by atoms with van der Waals surface area (Å²) in [6, 6.07) is 5.64. The molecule has 0 spiro atoms. The van der Waals surface area contributed by atoms with Crippen LogP contribution in [0.15, 0.2) is 18.2 Å². The number of benzene rings is 1. The number of hydrogen-bond donors (Lipinski definition) is 2. The van der Waals surface area contributed by atoms with Crippen molar-refractivity contribution in [3.8, 4) is 0 Å². The highest BCUT2D eigenvalue weighted by Crippen LogP contribution is 2.31. The number of rotatable bonds is 4. The van der Waals surface area contributed by atoms with Gasteiger partial charge in [0, 0.05) is 5.56 Å². The van der Waals surface area contributed by atoms with Crippen molar-refractivity contribution in [3.63, 3.8) is 0 Å².